The van der Waals surface area contributed by atoms with Crippen LogP contribution in [0.4, 0.5) is 11.4 Å². The fourth-order valence-electron chi connectivity index (χ4n) is 4.70. The molecule has 0 unspecified atom stereocenters. The number of amides is 1. The minimum atomic E-state index is -0.496. The molecule has 28 heavy (non-hydrogen) atoms. The van der Waals surface area contributed by atoms with Crippen LogP contribution in [0.2, 0.25) is 0 Å². The first-order valence-corrected chi connectivity index (χ1v) is 10.2. The summed E-state index contributed by atoms with van der Waals surface area (Å²) >= 11 is 0. The number of aliphatic hydroxyl groups excluding tert-OH is 1. The Kier molecular flexibility index (Phi) is 5.25. The van der Waals surface area contributed by atoms with Gasteiger partial charge in [-0.15, -0.1) is 0 Å². The summed E-state index contributed by atoms with van der Waals surface area (Å²) in [5.74, 6) is -0.434. The number of carbonyl (C=O) groups is 1. The summed E-state index contributed by atoms with van der Waals surface area (Å²) in [5, 5.41) is 23.9. The Bertz CT molecular complexity index is 751. The van der Waals surface area contributed by atoms with E-state index in [0.717, 1.165) is 64.0 Å². The van der Waals surface area contributed by atoms with Crippen molar-refractivity contribution in [1.29, 1.82) is 0 Å². The monoisotopic (exact) mass is 388 g/mol. The lowest BCUT2D eigenvalue weighted by molar-refractivity contribution is -0.385. The summed E-state index contributed by atoms with van der Waals surface area (Å²) in [6.07, 6.45) is 4.95. The number of aliphatic hydroxyl groups is 1. The first-order chi connectivity index (χ1) is 13.5. The largest absolute Gasteiger partial charge is 0.396 e. The molecule has 1 saturated carbocycles. The molecular weight excluding hydrogens is 360 g/mol. The zero-order valence-corrected chi connectivity index (χ0v) is 16.1. The van der Waals surface area contributed by atoms with E-state index in [1.54, 1.807) is 12.1 Å². The summed E-state index contributed by atoms with van der Waals surface area (Å²) in [6, 6.07) is 5.31. The number of fused-ring (bicyclic) bond motifs is 4. The van der Waals surface area contributed by atoms with Crippen LogP contribution in [0.3, 0.4) is 0 Å². The number of anilines is 1. The van der Waals surface area contributed by atoms with Gasteiger partial charge in [-0.25, -0.2) is 0 Å². The van der Waals surface area contributed by atoms with Gasteiger partial charge in [0, 0.05) is 55.9 Å². The van der Waals surface area contributed by atoms with Crippen LogP contribution in [0.1, 0.15) is 42.5 Å². The van der Waals surface area contributed by atoms with Gasteiger partial charge in [0.2, 0.25) is 0 Å². The summed E-state index contributed by atoms with van der Waals surface area (Å²) in [5.41, 5.74) is 0.551. The highest BCUT2D eigenvalue weighted by atomic mass is 16.6. The molecule has 0 spiro atoms. The standard InChI is InChI=1S/C20H28N4O4/c25-14-20(6-1-7-20)13-21-19(26)17-12-16(2-3-18(17)24(27)28)23-11-10-22-8-4-15(23)5-9-22/h2-3,12,15,25H,1,4-11,13-14H2,(H,21,26). The molecule has 8 nitrogen and oxygen atoms in total. The molecule has 2 bridgehead atoms. The predicted molar refractivity (Wildman–Crippen MR) is 106 cm³/mol. The normalized spacial score (nSPS) is 25.7. The Hall–Kier alpha value is -2.19. The Morgan fingerprint density at radius 3 is 2.61 bits per heavy atom. The van der Waals surface area contributed by atoms with Crippen molar-refractivity contribution in [3.63, 3.8) is 0 Å². The lowest BCUT2D eigenvalue weighted by Crippen LogP contribution is -2.44. The second-order valence-corrected chi connectivity index (χ2v) is 8.42. The highest BCUT2D eigenvalue weighted by Gasteiger charge is 2.37. The topological polar surface area (TPSA) is 99.0 Å². The third-order valence-electron chi connectivity index (χ3n) is 6.78. The van der Waals surface area contributed by atoms with Gasteiger partial charge in [-0.05, 0) is 37.8 Å². The van der Waals surface area contributed by atoms with Crippen LogP contribution >= 0.6 is 0 Å². The minimum absolute atomic E-state index is 0.0291. The van der Waals surface area contributed by atoms with Gasteiger partial charge in [0.15, 0.2) is 0 Å². The number of nitrogens with zero attached hydrogens (tertiary/aromatic N) is 3. The number of hydrogen-bond donors (Lipinski definition) is 2. The molecule has 3 aliphatic heterocycles. The second-order valence-electron chi connectivity index (χ2n) is 8.42. The summed E-state index contributed by atoms with van der Waals surface area (Å²) < 4.78 is 0. The van der Waals surface area contributed by atoms with E-state index < -0.39 is 10.8 Å². The van der Waals surface area contributed by atoms with E-state index in [0.29, 0.717) is 12.6 Å². The van der Waals surface area contributed by atoms with Crippen LogP contribution in [0.15, 0.2) is 18.2 Å². The van der Waals surface area contributed by atoms with Gasteiger partial charge in [-0.2, -0.15) is 0 Å². The van der Waals surface area contributed by atoms with E-state index in [-0.39, 0.29) is 23.3 Å². The van der Waals surface area contributed by atoms with Crippen molar-refractivity contribution in [1.82, 2.24) is 10.2 Å². The van der Waals surface area contributed by atoms with Crippen molar-refractivity contribution in [3.05, 3.63) is 33.9 Å². The van der Waals surface area contributed by atoms with Gasteiger partial charge in [-0.1, -0.05) is 6.42 Å². The van der Waals surface area contributed by atoms with Crippen LogP contribution in [-0.2, 0) is 0 Å². The lowest BCUT2D eigenvalue weighted by atomic mass is 9.69. The molecular formula is C20H28N4O4. The molecule has 0 atom stereocenters. The third-order valence-corrected chi connectivity index (χ3v) is 6.78. The molecule has 2 N–H and O–H groups in total. The molecule has 4 fully saturated rings. The Morgan fingerprint density at radius 1 is 1.25 bits per heavy atom. The number of hydrogen-bond acceptors (Lipinski definition) is 6. The molecule has 1 aliphatic carbocycles. The maximum absolute atomic E-state index is 12.8. The zero-order valence-electron chi connectivity index (χ0n) is 16.1. The van der Waals surface area contributed by atoms with E-state index in [1.165, 1.54) is 6.07 Å². The number of rotatable bonds is 6. The molecule has 1 aromatic rings. The number of piperidine rings is 1. The third kappa shape index (κ3) is 3.58. The number of nitro groups is 1. The van der Waals surface area contributed by atoms with Crippen LogP contribution in [-0.4, -0.2) is 66.2 Å². The van der Waals surface area contributed by atoms with Crippen molar-refractivity contribution >= 4 is 17.3 Å². The molecule has 3 heterocycles. The molecule has 1 amide bonds. The average Bonchev–Trinajstić information content (AvgIpc) is 3.00. The molecule has 4 aliphatic rings. The quantitative estimate of drug-likeness (QED) is 0.569. The molecule has 0 aromatic heterocycles. The molecule has 8 heteroatoms. The molecule has 5 rings (SSSR count). The SMILES string of the molecule is O=C(NCC1(CO)CCC1)c1cc(N2CCN3CCC2CC3)ccc1[N+](=O)[O-]. The van der Waals surface area contributed by atoms with Gasteiger partial charge in [0.1, 0.15) is 5.56 Å². The predicted octanol–water partition coefficient (Wildman–Crippen LogP) is 1.77. The fraction of sp³-hybridized carbons (Fsp3) is 0.650. The zero-order chi connectivity index (χ0) is 19.7. The van der Waals surface area contributed by atoms with E-state index in [2.05, 4.69) is 15.1 Å². The Balaban J connectivity index is 1.57. The van der Waals surface area contributed by atoms with Crippen molar-refractivity contribution in [2.75, 3.05) is 44.2 Å². The number of nitro benzene ring substituents is 1. The Labute approximate surface area is 164 Å². The van der Waals surface area contributed by atoms with Crippen molar-refractivity contribution in [2.45, 2.75) is 38.1 Å². The molecule has 152 valence electrons. The van der Waals surface area contributed by atoms with Gasteiger partial charge in [0.05, 0.1) is 11.5 Å². The minimum Gasteiger partial charge on any atom is -0.396 e. The molecule has 1 aromatic carbocycles. The Morgan fingerprint density at radius 2 is 2.00 bits per heavy atom. The molecule has 0 radical (unpaired) electrons. The van der Waals surface area contributed by atoms with Crippen LogP contribution in [0.25, 0.3) is 0 Å². The number of carbonyl (C=O) groups excluding carboxylic acids is 1. The summed E-state index contributed by atoms with van der Waals surface area (Å²) in [4.78, 5) is 28.5. The highest BCUT2D eigenvalue weighted by molar-refractivity contribution is 5.99. The van der Waals surface area contributed by atoms with Gasteiger partial charge < -0.3 is 20.2 Å². The fourth-order valence-corrected chi connectivity index (χ4v) is 4.70. The maximum Gasteiger partial charge on any atom is 0.282 e. The average molecular weight is 388 g/mol. The van der Waals surface area contributed by atoms with Gasteiger partial charge >= 0.3 is 0 Å². The van der Waals surface area contributed by atoms with Gasteiger partial charge in [-0.3, -0.25) is 14.9 Å². The smallest absolute Gasteiger partial charge is 0.282 e. The van der Waals surface area contributed by atoms with E-state index in [9.17, 15) is 20.0 Å². The van der Waals surface area contributed by atoms with E-state index in [4.69, 9.17) is 0 Å². The van der Waals surface area contributed by atoms with Crippen molar-refractivity contribution in [2.24, 2.45) is 5.41 Å². The van der Waals surface area contributed by atoms with Gasteiger partial charge in [0.25, 0.3) is 11.6 Å². The summed E-state index contributed by atoms with van der Waals surface area (Å²) in [6.45, 7) is 4.41. The van der Waals surface area contributed by atoms with Crippen LogP contribution < -0.4 is 10.2 Å². The first kappa shape index (κ1) is 19.1. The number of nitrogens with one attached hydrogen (secondary N) is 1. The summed E-state index contributed by atoms with van der Waals surface area (Å²) in [7, 11) is 0. The lowest BCUT2D eigenvalue weighted by Gasteiger charge is -2.40. The van der Waals surface area contributed by atoms with E-state index >= 15 is 0 Å². The first-order valence-electron chi connectivity index (χ1n) is 10.2. The molecule has 3 saturated heterocycles. The second kappa shape index (κ2) is 7.67. The van der Waals surface area contributed by atoms with E-state index in [1.807, 2.05) is 0 Å². The van der Waals surface area contributed by atoms with Crippen molar-refractivity contribution < 1.29 is 14.8 Å². The van der Waals surface area contributed by atoms with Crippen molar-refractivity contribution in [3.8, 4) is 0 Å². The number of benzene rings is 1. The highest BCUT2D eigenvalue weighted by Crippen LogP contribution is 2.39. The van der Waals surface area contributed by atoms with Crippen LogP contribution in [0.5, 0.6) is 0 Å². The van der Waals surface area contributed by atoms with Crippen LogP contribution in [0, 0.1) is 15.5 Å². The maximum atomic E-state index is 12.8.